The number of unbranched alkanes of at least 4 members (excludes halogenated alkanes) is 16. The van der Waals surface area contributed by atoms with Gasteiger partial charge in [-0.1, -0.05) is 237 Å². The third-order valence-electron chi connectivity index (χ3n) is 12.4. The second kappa shape index (κ2) is 57.6. The van der Waals surface area contributed by atoms with E-state index in [2.05, 4.69) is 160 Å². The van der Waals surface area contributed by atoms with Crippen molar-refractivity contribution in [2.45, 2.75) is 225 Å². The summed E-state index contributed by atoms with van der Waals surface area (Å²) >= 11 is 0. The predicted octanol–water partition coefficient (Wildman–Crippen LogP) is 19.5. The summed E-state index contributed by atoms with van der Waals surface area (Å²) in [6.45, 7) is 4.17. The molecule has 0 aliphatic carbocycles. The van der Waals surface area contributed by atoms with E-state index in [9.17, 15) is 19.0 Å². The monoisotopic (exact) mass is 1100 g/mol. The van der Waals surface area contributed by atoms with E-state index in [0.717, 1.165) is 141 Å². The average Bonchev–Trinajstić information content (AvgIpc) is 3.41. The summed E-state index contributed by atoms with van der Waals surface area (Å²) in [5, 5.41) is 0. The number of phosphoric acid groups is 1. The van der Waals surface area contributed by atoms with Crippen LogP contribution in [0, 0.1) is 0 Å². The molecule has 78 heavy (non-hydrogen) atoms. The summed E-state index contributed by atoms with van der Waals surface area (Å²) in [5.74, 6) is -0.828. The van der Waals surface area contributed by atoms with Crippen molar-refractivity contribution in [3.63, 3.8) is 0 Å². The standard InChI is InChI=1S/C68H112NO8P/c1-6-8-10-12-14-16-18-20-22-24-26-27-28-29-30-31-32-33-34-35-36-37-38-39-40-41-43-45-47-49-51-53-55-57-59-61-68(71)77-66(65-76-78(72,73)75-63-62-69(3,4)5)64-74-67(70)60-58-56-54-52-50-48-46-44-42-25-23-21-19-17-15-13-11-9-7-2/h8-11,14-17,20-23,26-27,29-30,32-33,35-36,38-39,42,44,66H,6-7,12-13,18-19,24-25,28,31,34,37,40-41,43,45-65H2,1-5H3/p+1/b10-8-,11-9-,16-14-,17-15-,22-20-,23-21-,27-26-,30-29-,33-32-,36-35-,39-38-,44-42-. The summed E-state index contributed by atoms with van der Waals surface area (Å²) in [6.07, 6.45) is 84.9. The van der Waals surface area contributed by atoms with Crippen LogP contribution in [0.4, 0.5) is 0 Å². The molecule has 0 aromatic rings. The SMILES string of the molecule is CC/C=C\C/C=C\C/C=C\C/C=C\C/C=C\C/C=C\C/C=C\C/C=C\CCCCCCCCCCCCC(=O)OC(COC(=O)CCCCCCCC/C=C\C/C=C\C/C=C\C/C=C\CC)COP(=O)(O)OCC[N+](C)(C)C. The summed E-state index contributed by atoms with van der Waals surface area (Å²) in [4.78, 5) is 35.7. The lowest BCUT2D eigenvalue weighted by molar-refractivity contribution is -0.870. The number of allylic oxidation sites excluding steroid dienone is 24. The van der Waals surface area contributed by atoms with Gasteiger partial charge in [-0.25, -0.2) is 4.57 Å². The van der Waals surface area contributed by atoms with Crippen molar-refractivity contribution >= 4 is 19.8 Å². The number of phosphoric ester groups is 1. The first-order chi connectivity index (χ1) is 38.0. The van der Waals surface area contributed by atoms with Crippen LogP contribution in [-0.2, 0) is 32.7 Å². The molecule has 442 valence electrons. The zero-order valence-corrected chi connectivity index (χ0v) is 51.0. The Kier molecular flexibility index (Phi) is 54.5. The van der Waals surface area contributed by atoms with Gasteiger partial charge in [0.1, 0.15) is 19.8 Å². The van der Waals surface area contributed by atoms with E-state index in [1.165, 1.54) is 38.5 Å². The van der Waals surface area contributed by atoms with Crippen LogP contribution in [-0.4, -0.2) is 74.9 Å². The van der Waals surface area contributed by atoms with Gasteiger partial charge in [0.15, 0.2) is 6.10 Å². The van der Waals surface area contributed by atoms with Gasteiger partial charge in [-0.2, -0.15) is 0 Å². The highest BCUT2D eigenvalue weighted by molar-refractivity contribution is 7.47. The zero-order valence-electron chi connectivity index (χ0n) is 50.1. The molecule has 0 aliphatic rings. The van der Waals surface area contributed by atoms with Crippen molar-refractivity contribution in [3.8, 4) is 0 Å². The molecule has 0 radical (unpaired) electrons. The molecule has 0 saturated heterocycles. The van der Waals surface area contributed by atoms with E-state index in [1.807, 2.05) is 21.1 Å². The van der Waals surface area contributed by atoms with Gasteiger partial charge in [0.25, 0.3) is 0 Å². The van der Waals surface area contributed by atoms with Crippen LogP contribution in [0.5, 0.6) is 0 Å². The van der Waals surface area contributed by atoms with E-state index in [0.29, 0.717) is 23.9 Å². The van der Waals surface area contributed by atoms with Gasteiger partial charge in [-0.15, -0.1) is 0 Å². The normalized spacial score (nSPS) is 14.3. The number of ether oxygens (including phenoxy) is 2. The minimum atomic E-state index is -4.40. The number of hydrogen-bond donors (Lipinski definition) is 1. The van der Waals surface area contributed by atoms with Crippen molar-refractivity contribution in [2.24, 2.45) is 0 Å². The fourth-order valence-corrected chi connectivity index (χ4v) is 8.47. The van der Waals surface area contributed by atoms with Crippen molar-refractivity contribution in [3.05, 3.63) is 146 Å². The molecule has 2 atom stereocenters. The molecule has 0 fully saturated rings. The van der Waals surface area contributed by atoms with Crippen LogP contribution < -0.4 is 0 Å². The second-order valence-corrected chi connectivity index (χ2v) is 22.4. The third-order valence-corrected chi connectivity index (χ3v) is 13.3. The number of nitrogens with zero attached hydrogens (tertiary/aromatic N) is 1. The van der Waals surface area contributed by atoms with Crippen molar-refractivity contribution in [1.82, 2.24) is 0 Å². The fraction of sp³-hybridized carbons (Fsp3) is 0.618. The van der Waals surface area contributed by atoms with E-state index in [4.69, 9.17) is 18.5 Å². The largest absolute Gasteiger partial charge is 0.472 e. The maximum absolute atomic E-state index is 12.8. The van der Waals surface area contributed by atoms with Crippen molar-refractivity contribution < 1.29 is 42.1 Å². The van der Waals surface area contributed by atoms with E-state index in [1.54, 1.807) is 0 Å². The Morgan fingerprint density at radius 1 is 0.397 bits per heavy atom. The zero-order chi connectivity index (χ0) is 57.0. The van der Waals surface area contributed by atoms with Crippen LogP contribution in [0.3, 0.4) is 0 Å². The molecule has 0 rings (SSSR count). The van der Waals surface area contributed by atoms with Crippen LogP contribution in [0.15, 0.2) is 146 Å². The molecule has 0 spiro atoms. The Balaban J connectivity index is 4.17. The van der Waals surface area contributed by atoms with Crippen LogP contribution in [0.25, 0.3) is 0 Å². The molecule has 1 N–H and O–H groups in total. The number of quaternary nitrogens is 1. The first kappa shape index (κ1) is 73.9. The van der Waals surface area contributed by atoms with Gasteiger partial charge in [-0.3, -0.25) is 18.6 Å². The van der Waals surface area contributed by atoms with Crippen LogP contribution >= 0.6 is 7.82 Å². The molecule has 9 nitrogen and oxygen atoms in total. The number of esters is 2. The summed E-state index contributed by atoms with van der Waals surface area (Å²) in [5.41, 5.74) is 0. The molecule has 0 heterocycles. The van der Waals surface area contributed by atoms with Gasteiger partial charge >= 0.3 is 19.8 Å². The Labute approximate surface area is 478 Å². The van der Waals surface area contributed by atoms with Crippen LogP contribution in [0.1, 0.15) is 219 Å². The Morgan fingerprint density at radius 2 is 0.692 bits per heavy atom. The smallest absolute Gasteiger partial charge is 0.462 e. The van der Waals surface area contributed by atoms with Gasteiger partial charge < -0.3 is 18.9 Å². The number of carbonyl (C=O) groups is 2. The molecule has 0 aliphatic heterocycles. The number of likely N-dealkylation sites (N-methyl/N-ethyl adjacent to an activating group) is 1. The first-order valence-corrected chi connectivity index (χ1v) is 32.1. The summed E-state index contributed by atoms with van der Waals surface area (Å²) in [6, 6.07) is 0. The summed E-state index contributed by atoms with van der Waals surface area (Å²) in [7, 11) is 1.44. The quantitative estimate of drug-likeness (QED) is 0.0211. The Hall–Kier alpha value is -4.11. The molecule has 0 bridgehead atoms. The molecular formula is C68H113NO8P+. The van der Waals surface area contributed by atoms with E-state index >= 15 is 0 Å². The second-order valence-electron chi connectivity index (χ2n) is 21.0. The molecule has 0 aromatic heterocycles. The Morgan fingerprint density at radius 3 is 1.03 bits per heavy atom. The highest BCUT2D eigenvalue weighted by Gasteiger charge is 2.27. The number of carbonyl (C=O) groups excluding carboxylic acids is 2. The maximum atomic E-state index is 12.8. The fourth-order valence-electron chi connectivity index (χ4n) is 7.73. The molecule has 0 aromatic carbocycles. The molecule has 10 heteroatoms. The topological polar surface area (TPSA) is 108 Å². The number of rotatable bonds is 54. The third kappa shape index (κ3) is 61.1. The highest BCUT2D eigenvalue weighted by atomic mass is 31.2. The van der Waals surface area contributed by atoms with Gasteiger partial charge in [0, 0.05) is 12.8 Å². The average molecular weight is 1100 g/mol. The van der Waals surface area contributed by atoms with Gasteiger partial charge in [-0.05, 0) is 116 Å². The van der Waals surface area contributed by atoms with Crippen LogP contribution in [0.2, 0.25) is 0 Å². The predicted molar refractivity (Wildman–Crippen MR) is 334 cm³/mol. The minimum absolute atomic E-state index is 0.0204. The molecule has 0 amide bonds. The van der Waals surface area contributed by atoms with E-state index < -0.39 is 26.5 Å². The minimum Gasteiger partial charge on any atom is -0.462 e. The maximum Gasteiger partial charge on any atom is 0.472 e. The lowest BCUT2D eigenvalue weighted by atomic mass is 10.0. The Bertz CT molecular complexity index is 1820. The first-order valence-electron chi connectivity index (χ1n) is 30.6. The molecule has 0 saturated carbocycles. The highest BCUT2D eigenvalue weighted by Crippen LogP contribution is 2.43. The summed E-state index contributed by atoms with van der Waals surface area (Å²) < 4.78 is 34.6. The lowest BCUT2D eigenvalue weighted by Gasteiger charge is -2.24. The van der Waals surface area contributed by atoms with E-state index in [-0.39, 0.29) is 32.0 Å². The van der Waals surface area contributed by atoms with Gasteiger partial charge in [0.2, 0.25) is 0 Å². The van der Waals surface area contributed by atoms with Gasteiger partial charge in [0.05, 0.1) is 27.7 Å². The molecule has 2 unspecified atom stereocenters. The van der Waals surface area contributed by atoms with Crippen molar-refractivity contribution in [2.75, 3.05) is 47.5 Å². The number of hydrogen-bond acceptors (Lipinski definition) is 7. The van der Waals surface area contributed by atoms with Crippen molar-refractivity contribution in [1.29, 1.82) is 0 Å². The lowest BCUT2D eigenvalue weighted by Crippen LogP contribution is -2.37. The molecular weight excluding hydrogens is 990 g/mol.